The Bertz CT molecular complexity index is 879. The third-order valence-corrected chi connectivity index (χ3v) is 5.34. The maximum atomic E-state index is 12.8. The highest BCUT2D eigenvalue weighted by molar-refractivity contribution is 5.84. The van der Waals surface area contributed by atoms with Crippen molar-refractivity contribution in [3.8, 4) is 11.5 Å². The first kappa shape index (κ1) is 19.1. The van der Waals surface area contributed by atoms with Crippen molar-refractivity contribution in [3.05, 3.63) is 54.1 Å². The molecular formula is C22H25N3O4. The molecule has 0 atom stereocenters. The third kappa shape index (κ3) is 4.45. The molecule has 1 fully saturated rings. The molecule has 2 aromatic rings. The number of carbonyl (C=O) groups excluding carboxylic acids is 2. The first-order chi connectivity index (χ1) is 14.1. The second kappa shape index (κ2) is 8.43. The lowest BCUT2D eigenvalue weighted by atomic mass is 10.2. The number of ether oxygens (including phenoxy) is 2. The van der Waals surface area contributed by atoms with Crippen molar-refractivity contribution in [3.63, 3.8) is 0 Å². The van der Waals surface area contributed by atoms with E-state index in [1.807, 2.05) is 41.3 Å². The molecule has 7 nitrogen and oxygen atoms in total. The number of para-hydroxylation sites is 1. The molecule has 2 aliphatic heterocycles. The standard InChI is InChI=1S/C22H25N3O4/c1-17(26)25(14-18-7-8-20-21(13-18)29-16-28-20)15-22(27)24-11-9-23(10-12-24)19-5-3-2-4-6-19/h2-8,13H,9-12,14-16H2,1H3. The van der Waals surface area contributed by atoms with Crippen LogP contribution in [0, 0.1) is 0 Å². The Hall–Kier alpha value is -3.22. The van der Waals surface area contributed by atoms with Crippen LogP contribution in [0.5, 0.6) is 11.5 Å². The molecule has 7 heteroatoms. The Morgan fingerprint density at radius 3 is 2.41 bits per heavy atom. The van der Waals surface area contributed by atoms with E-state index in [0.717, 1.165) is 18.7 Å². The number of carbonyl (C=O) groups is 2. The summed E-state index contributed by atoms with van der Waals surface area (Å²) in [5.41, 5.74) is 2.08. The second-order valence-electron chi connectivity index (χ2n) is 7.27. The minimum absolute atomic E-state index is 0.0198. The monoisotopic (exact) mass is 395 g/mol. The normalized spacial score (nSPS) is 15.3. The Kier molecular flexibility index (Phi) is 5.55. The van der Waals surface area contributed by atoms with Gasteiger partial charge < -0.3 is 24.2 Å². The van der Waals surface area contributed by atoms with Gasteiger partial charge in [0.1, 0.15) is 6.54 Å². The number of nitrogens with zero attached hydrogens (tertiary/aromatic N) is 3. The van der Waals surface area contributed by atoms with Crippen molar-refractivity contribution in [2.45, 2.75) is 13.5 Å². The number of fused-ring (bicyclic) bond motifs is 1. The number of rotatable bonds is 5. The SMILES string of the molecule is CC(=O)N(CC(=O)N1CCN(c2ccccc2)CC1)Cc1ccc2c(c1)OCO2. The molecule has 0 bridgehead atoms. The van der Waals surface area contributed by atoms with Crippen LogP contribution in [0.2, 0.25) is 0 Å². The van der Waals surface area contributed by atoms with Crippen LogP contribution in [0.3, 0.4) is 0 Å². The Balaban J connectivity index is 1.34. The molecule has 0 radical (unpaired) electrons. The number of benzene rings is 2. The van der Waals surface area contributed by atoms with Crippen LogP contribution in [-0.4, -0.2) is 61.1 Å². The van der Waals surface area contributed by atoms with Crippen LogP contribution in [0.15, 0.2) is 48.5 Å². The smallest absolute Gasteiger partial charge is 0.242 e. The molecule has 2 aliphatic rings. The highest BCUT2D eigenvalue weighted by Gasteiger charge is 2.24. The van der Waals surface area contributed by atoms with E-state index in [-0.39, 0.29) is 25.2 Å². The predicted octanol–water partition coefficient (Wildman–Crippen LogP) is 2.11. The van der Waals surface area contributed by atoms with Crippen LogP contribution in [0.1, 0.15) is 12.5 Å². The molecule has 0 N–H and O–H groups in total. The molecule has 0 aliphatic carbocycles. The van der Waals surface area contributed by atoms with E-state index in [1.54, 1.807) is 4.90 Å². The van der Waals surface area contributed by atoms with Gasteiger partial charge in [0, 0.05) is 45.3 Å². The fraction of sp³-hybridized carbons (Fsp3) is 0.364. The van der Waals surface area contributed by atoms with Crippen molar-refractivity contribution in [1.82, 2.24) is 9.80 Å². The van der Waals surface area contributed by atoms with Crippen molar-refractivity contribution >= 4 is 17.5 Å². The lowest BCUT2D eigenvalue weighted by molar-refractivity contribution is -0.140. The van der Waals surface area contributed by atoms with E-state index in [9.17, 15) is 9.59 Å². The van der Waals surface area contributed by atoms with E-state index in [0.29, 0.717) is 31.1 Å². The summed E-state index contributed by atoms with van der Waals surface area (Å²) in [7, 11) is 0. The molecular weight excluding hydrogens is 370 g/mol. The maximum absolute atomic E-state index is 12.8. The van der Waals surface area contributed by atoms with Crippen molar-refractivity contribution in [1.29, 1.82) is 0 Å². The lowest BCUT2D eigenvalue weighted by Crippen LogP contribution is -2.51. The molecule has 1 saturated heterocycles. The largest absolute Gasteiger partial charge is 0.454 e. The van der Waals surface area contributed by atoms with Gasteiger partial charge in [-0.15, -0.1) is 0 Å². The van der Waals surface area contributed by atoms with Gasteiger partial charge in [-0.3, -0.25) is 9.59 Å². The highest BCUT2D eigenvalue weighted by Crippen LogP contribution is 2.32. The Labute approximate surface area is 170 Å². The quantitative estimate of drug-likeness (QED) is 0.776. The van der Waals surface area contributed by atoms with Crippen LogP contribution in [0.25, 0.3) is 0 Å². The first-order valence-corrected chi connectivity index (χ1v) is 9.82. The van der Waals surface area contributed by atoms with Crippen LogP contribution in [0.4, 0.5) is 5.69 Å². The molecule has 4 rings (SSSR count). The summed E-state index contributed by atoms with van der Waals surface area (Å²) in [6, 6.07) is 15.8. The molecule has 2 heterocycles. The zero-order chi connectivity index (χ0) is 20.2. The summed E-state index contributed by atoms with van der Waals surface area (Å²) >= 11 is 0. The molecule has 2 aromatic carbocycles. The summed E-state index contributed by atoms with van der Waals surface area (Å²) in [6.07, 6.45) is 0. The number of amides is 2. The van der Waals surface area contributed by atoms with Gasteiger partial charge in [-0.05, 0) is 29.8 Å². The van der Waals surface area contributed by atoms with Gasteiger partial charge in [0.15, 0.2) is 11.5 Å². The average molecular weight is 395 g/mol. The Morgan fingerprint density at radius 2 is 1.69 bits per heavy atom. The van der Waals surface area contributed by atoms with Gasteiger partial charge in [0.05, 0.1) is 0 Å². The summed E-state index contributed by atoms with van der Waals surface area (Å²) in [6.45, 7) is 5.04. The van der Waals surface area contributed by atoms with E-state index >= 15 is 0 Å². The minimum Gasteiger partial charge on any atom is -0.454 e. The lowest BCUT2D eigenvalue weighted by Gasteiger charge is -2.37. The van der Waals surface area contributed by atoms with Gasteiger partial charge in [0.2, 0.25) is 18.6 Å². The first-order valence-electron chi connectivity index (χ1n) is 9.82. The number of hydrogen-bond acceptors (Lipinski definition) is 5. The number of hydrogen-bond donors (Lipinski definition) is 0. The second-order valence-corrected chi connectivity index (χ2v) is 7.27. The summed E-state index contributed by atoms with van der Waals surface area (Å²) in [5, 5.41) is 0. The molecule has 0 unspecified atom stereocenters. The highest BCUT2D eigenvalue weighted by atomic mass is 16.7. The van der Waals surface area contributed by atoms with Crippen molar-refractivity contribution in [2.24, 2.45) is 0 Å². The molecule has 29 heavy (non-hydrogen) atoms. The van der Waals surface area contributed by atoms with Gasteiger partial charge in [0.25, 0.3) is 0 Å². The summed E-state index contributed by atoms with van der Waals surface area (Å²) in [5.74, 6) is 1.23. The van der Waals surface area contributed by atoms with Gasteiger partial charge in [-0.1, -0.05) is 24.3 Å². The maximum Gasteiger partial charge on any atom is 0.242 e. The fourth-order valence-electron chi connectivity index (χ4n) is 3.65. The van der Waals surface area contributed by atoms with Crippen LogP contribution >= 0.6 is 0 Å². The molecule has 0 spiro atoms. The molecule has 152 valence electrons. The van der Waals surface area contributed by atoms with E-state index in [1.165, 1.54) is 12.6 Å². The van der Waals surface area contributed by atoms with Crippen LogP contribution in [-0.2, 0) is 16.1 Å². The topological polar surface area (TPSA) is 62.3 Å². The van der Waals surface area contributed by atoms with Crippen molar-refractivity contribution in [2.75, 3.05) is 44.4 Å². The minimum atomic E-state index is -0.126. The van der Waals surface area contributed by atoms with Gasteiger partial charge >= 0.3 is 0 Å². The average Bonchev–Trinajstić information content (AvgIpc) is 3.22. The van der Waals surface area contributed by atoms with Crippen molar-refractivity contribution < 1.29 is 19.1 Å². The number of anilines is 1. The third-order valence-electron chi connectivity index (χ3n) is 5.34. The summed E-state index contributed by atoms with van der Waals surface area (Å²) < 4.78 is 10.7. The van der Waals surface area contributed by atoms with E-state index < -0.39 is 0 Å². The zero-order valence-electron chi connectivity index (χ0n) is 16.5. The van der Waals surface area contributed by atoms with Gasteiger partial charge in [-0.2, -0.15) is 0 Å². The number of piperazine rings is 1. The zero-order valence-corrected chi connectivity index (χ0v) is 16.5. The van der Waals surface area contributed by atoms with Crippen LogP contribution < -0.4 is 14.4 Å². The predicted molar refractivity (Wildman–Crippen MR) is 109 cm³/mol. The van der Waals surface area contributed by atoms with Gasteiger partial charge in [-0.25, -0.2) is 0 Å². The molecule has 0 aromatic heterocycles. The van der Waals surface area contributed by atoms with E-state index in [2.05, 4.69) is 17.0 Å². The fourth-order valence-corrected chi connectivity index (χ4v) is 3.65. The van der Waals surface area contributed by atoms with E-state index in [4.69, 9.17) is 9.47 Å². The molecule has 2 amide bonds. The molecule has 0 saturated carbocycles. The Morgan fingerprint density at radius 1 is 0.966 bits per heavy atom. The summed E-state index contributed by atoms with van der Waals surface area (Å²) in [4.78, 5) is 30.6.